The first-order valence-corrected chi connectivity index (χ1v) is 8.74. The smallest absolute Gasteiger partial charge is 0.269 e. The van der Waals surface area contributed by atoms with E-state index < -0.39 is 0 Å². The largest absolute Gasteiger partial charge is 0.348 e. The lowest BCUT2D eigenvalue weighted by molar-refractivity contribution is -0.384. The minimum absolute atomic E-state index is 0.115. The molecule has 1 aliphatic rings. The highest BCUT2D eigenvalue weighted by atomic mass is 32.2. The minimum atomic E-state index is -0.375. The van der Waals surface area contributed by atoms with Crippen LogP contribution < -0.4 is 0 Å². The summed E-state index contributed by atoms with van der Waals surface area (Å²) in [5.41, 5.74) is 1.76. The van der Waals surface area contributed by atoms with Gasteiger partial charge in [-0.2, -0.15) is 0 Å². The third-order valence-electron chi connectivity index (χ3n) is 3.54. The molecule has 1 heterocycles. The van der Waals surface area contributed by atoms with Crippen LogP contribution in [0.25, 0.3) is 0 Å². The number of amidine groups is 1. The van der Waals surface area contributed by atoms with Crippen molar-refractivity contribution >= 4 is 28.3 Å². The first-order chi connectivity index (χ1) is 10.5. The molecule has 1 fully saturated rings. The van der Waals surface area contributed by atoms with E-state index >= 15 is 0 Å². The van der Waals surface area contributed by atoms with Gasteiger partial charge in [-0.1, -0.05) is 32.5 Å². The van der Waals surface area contributed by atoms with Gasteiger partial charge in [0.25, 0.3) is 5.69 Å². The van der Waals surface area contributed by atoms with Crippen molar-refractivity contribution in [3.8, 4) is 0 Å². The van der Waals surface area contributed by atoms with Crippen molar-refractivity contribution in [3.63, 3.8) is 0 Å². The summed E-state index contributed by atoms with van der Waals surface area (Å²) in [6.07, 6.45) is 1.08. The van der Waals surface area contributed by atoms with Crippen LogP contribution in [0, 0.1) is 17.0 Å². The van der Waals surface area contributed by atoms with E-state index in [0.29, 0.717) is 6.04 Å². The Morgan fingerprint density at radius 1 is 1.45 bits per heavy atom. The van der Waals surface area contributed by atoms with E-state index in [0.717, 1.165) is 35.1 Å². The van der Waals surface area contributed by atoms with Crippen LogP contribution in [0.15, 0.2) is 23.2 Å². The maximum Gasteiger partial charge on any atom is 0.269 e. The number of benzene rings is 1. The van der Waals surface area contributed by atoms with Crippen LogP contribution in [-0.4, -0.2) is 33.3 Å². The predicted molar refractivity (Wildman–Crippen MR) is 95.2 cm³/mol. The third-order valence-corrected chi connectivity index (χ3v) is 4.51. The number of aliphatic imine (C=N–C) groups is 1. The van der Waals surface area contributed by atoms with E-state index in [4.69, 9.17) is 4.99 Å². The normalized spacial score (nSPS) is 17.1. The Bertz CT molecular complexity index is 546. The summed E-state index contributed by atoms with van der Waals surface area (Å²) >= 11 is 1.75. The predicted octanol–water partition coefficient (Wildman–Crippen LogP) is 4.76. The summed E-state index contributed by atoms with van der Waals surface area (Å²) in [4.78, 5) is 17.4. The second kappa shape index (κ2) is 8.78. The fourth-order valence-corrected chi connectivity index (χ4v) is 3.19. The van der Waals surface area contributed by atoms with Crippen LogP contribution in [-0.2, 0) is 0 Å². The highest BCUT2D eigenvalue weighted by Crippen LogP contribution is 2.29. The molecule has 0 spiro atoms. The molecule has 0 aromatic heterocycles. The van der Waals surface area contributed by atoms with E-state index in [1.165, 1.54) is 6.07 Å². The molecular weight excluding hydrogens is 298 g/mol. The van der Waals surface area contributed by atoms with Gasteiger partial charge in [0.15, 0.2) is 5.17 Å². The van der Waals surface area contributed by atoms with Crippen LogP contribution in [0.3, 0.4) is 0 Å². The summed E-state index contributed by atoms with van der Waals surface area (Å²) in [5, 5.41) is 11.8. The molecule has 1 saturated heterocycles. The average Bonchev–Trinajstić information content (AvgIpc) is 2.98. The van der Waals surface area contributed by atoms with Gasteiger partial charge in [0.2, 0.25) is 0 Å². The summed E-state index contributed by atoms with van der Waals surface area (Å²) in [6, 6.07) is 5.29. The van der Waals surface area contributed by atoms with Gasteiger partial charge in [-0.3, -0.25) is 10.1 Å². The van der Waals surface area contributed by atoms with Crippen molar-refractivity contribution < 1.29 is 4.92 Å². The minimum Gasteiger partial charge on any atom is -0.348 e. The first-order valence-electron chi connectivity index (χ1n) is 7.76. The Labute approximate surface area is 137 Å². The molecule has 0 radical (unpaired) electrons. The van der Waals surface area contributed by atoms with E-state index in [9.17, 15) is 10.1 Å². The van der Waals surface area contributed by atoms with E-state index in [2.05, 4.69) is 18.7 Å². The van der Waals surface area contributed by atoms with Crippen LogP contribution in [0.2, 0.25) is 0 Å². The monoisotopic (exact) mass is 323 g/mol. The molecule has 0 aliphatic carbocycles. The molecule has 0 saturated carbocycles. The maximum absolute atomic E-state index is 10.7. The summed E-state index contributed by atoms with van der Waals surface area (Å²) < 4.78 is 0. The Balaban J connectivity index is 0.00000116. The Kier molecular flexibility index (Phi) is 7.38. The third kappa shape index (κ3) is 4.47. The molecule has 1 aromatic carbocycles. The van der Waals surface area contributed by atoms with Crippen LogP contribution in [0.1, 0.15) is 39.7 Å². The molecule has 0 bridgehead atoms. The van der Waals surface area contributed by atoms with Crippen molar-refractivity contribution in [1.82, 2.24) is 4.90 Å². The Morgan fingerprint density at radius 2 is 2.14 bits per heavy atom. The number of non-ortho nitro benzene ring substituents is 1. The topological polar surface area (TPSA) is 58.7 Å². The zero-order valence-electron chi connectivity index (χ0n) is 14.0. The van der Waals surface area contributed by atoms with Gasteiger partial charge in [-0.25, -0.2) is 4.99 Å². The zero-order chi connectivity index (χ0) is 16.7. The molecule has 0 N–H and O–H groups in total. The van der Waals surface area contributed by atoms with E-state index in [-0.39, 0.29) is 10.6 Å². The number of thioether (sulfide) groups is 1. The molecule has 2 rings (SSSR count). The molecule has 1 aromatic rings. The Morgan fingerprint density at radius 3 is 2.68 bits per heavy atom. The second-order valence-corrected chi connectivity index (χ2v) is 5.98. The number of nitro benzene ring substituents is 1. The van der Waals surface area contributed by atoms with Gasteiger partial charge in [-0.05, 0) is 31.9 Å². The molecule has 1 aliphatic heterocycles. The number of aryl methyl sites for hydroxylation is 1. The number of hydrogen-bond donors (Lipinski definition) is 0. The van der Waals surface area contributed by atoms with Crippen LogP contribution in [0.4, 0.5) is 11.4 Å². The van der Waals surface area contributed by atoms with Crippen molar-refractivity contribution in [2.75, 3.05) is 12.3 Å². The number of hydrogen-bond acceptors (Lipinski definition) is 4. The van der Waals surface area contributed by atoms with Gasteiger partial charge in [0, 0.05) is 30.5 Å². The lowest BCUT2D eigenvalue weighted by Gasteiger charge is -2.24. The van der Waals surface area contributed by atoms with E-state index in [1.807, 2.05) is 20.8 Å². The average molecular weight is 323 g/mol. The van der Waals surface area contributed by atoms with Crippen LogP contribution >= 0.6 is 11.8 Å². The van der Waals surface area contributed by atoms with Gasteiger partial charge in [-0.15, -0.1) is 0 Å². The fraction of sp³-hybridized carbons (Fsp3) is 0.562. The lowest BCUT2D eigenvalue weighted by Crippen LogP contribution is -2.33. The summed E-state index contributed by atoms with van der Waals surface area (Å²) in [5.74, 6) is 1.05. The van der Waals surface area contributed by atoms with Gasteiger partial charge >= 0.3 is 0 Å². The zero-order valence-corrected chi connectivity index (χ0v) is 14.8. The Hall–Kier alpha value is -1.56. The van der Waals surface area contributed by atoms with Crippen molar-refractivity contribution in [3.05, 3.63) is 33.9 Å². The van der Waals surface area contributed by atoms with Gasteiger partial charge < -0.3 is 4.90 Å². The lowest BCUT2D eigenvalue weighted by atomic mass is 10.2. The second-order valence-electron chi connectivity index (χ2n) is 4.92. The fourth-order valence-electron chi connectivity index (χ4n) is 2.12. The molecular formula is C16H25N3O2S. The molecule has 122 valence electrons. The number of nitro groups is 1. The molecule has 0 amide bonds. The van der Waals surface area contributed by atoms with Crippen LogP contribution in [0.5, 0.6) is 0 Å². The summed E-state index contributed by atoms with van der Waals surface area (Å²) in [6.45, 7) is 11.2. The molecule has 1 unspecified atom stereocenters. The number of rotatable bonds is 4. The molecule has 6 heteroatoms. The van der Waals surface area contributed by atoms with Crippen molar-refractivity contribution in [2.24, 2.45) is 4.99 Å². The quantitative estimate of drug-likeness (QED) is 0.592. The maximum atomic E-state index is 10.7. The van der Waals surface area contributed by atoms with Crippen molar-refractivity contribution in [2.45, 2.75) is 47.1 Å². The van der Waals surface area contributed by atoms with Gasteiger partial charge in [0.05, 0.1) is 10.6 Å². The molecule has 1 atom stereocenters. The SMILES string of the molecule is CC.CCC(C)N1CCSC1=Nc1ccc([N+](=O)[O-])cc1C. The molecule has 5 nitrogen and oxygen atoms in total. The number of nitrogens with zero attached hydrogens (tertiary/aromatic N) is 3. The molecule has 22 heavy (non-hydrogen) atoms. The van der Waals surface area contributed by atoms with E-state index in [1.54, 1.807) is 23.9 Å². The first kappa shape index (κ1) is 18.5. The standard InChI is InChI=1S/C14H19N3O2S.C2H6/c1-4-11(3)16-7-8-20-14(16)15-13-6-5-12(17(18)19)9-10(13)2;1-2/h5-6,9,11H,4,7-8H2,1-3H3;1-2H3. The van der Waals surface area contributed by atoms with Gasteiger partial charge in [0.1, 0.15) is 0 Å². The highest BCUT2D eigenvalue weighted by Gasteiger charge is 2.23. The highest BCUT2D eigenvalue weighted by molar-refractivity contribution is 8.14. The summed E-state index contributed by atoms with van der Waals surface area (Å²) in [7, 11) is 0. The van der Waals surface area contributed by atoms with Crippen molar-refractivity contribution in [1.29, 1.82) is 0 Å².